The number of pyridine rings is 1. The molecule has 156 valence electrons. The highest BCUT2D eigenvalue weighted by Gasteiger charge is 2.15. The van der Waals surface area contributed by atoms with Crippen LogP contribution in [0.4, 0.5) is 29.8 Å². The van der Waals surface area contributed by atoms with Crippen molar-refractivity contribution in [1.29, 1.82) is 0 Å². The lowest BCUT2D eigenvalue weighted by atomic mass is 10.1. The van der Waals surface area contributed by atoms with E-state index in [0.29, 0.717) is 22.8 Å². The lowest BCUT2D eigenvalue weighted by molar-refractivity contribution is 0.102. The third-order valence-corrected chi connectivity index (χ3v) is 5.19. The average molecular weight is 440 g/mol. The van der Waals surface area contributed by atoms with E-state index < -0.39 is 23.4 Å². The summed E-state index contributed by atoms with van der Waals surface area (Å²) in [6.45, 7) is 0. The van der Waals surface area contributed by atoms with E-state index in [9.17, 15) is 18.0 Å². The Hall–Kier alpha value is -3.72. The molecule has 2 aromatic carbocycles. The molecular formula is C22H15F3N4OS. The van der Waals surface area contributed by atoms with E-state index in [1.54, 1.807) is 30.5 Å². The minimum absolute atomic E-state index is 0.254. The SMILES string of the molecule is O=C(Nc1ncc(Cc2ccc(F)c(F)c2)s1)c1cccnc1Nc1cccc(F)c1. The van der Waals surface area contributed by atoms with Crippen molar-refractivity contribution in [2.45, 2.75) is 6.42 Å². The Labute approximate surface area is 179 Å². The van der Waals surface area contributed by atoms with Gasteiger partial charge in [-0.2, -0.15) is 0 Å². The number of carbonyl (C=O) groups is 1. The van der Waals surface area contributed by atoms with E-state index in [2.05, 4.69) is 20.6 Å². The van der Waals surface area contributed by atoms with Crippen LogP contribution in [0.25, 0.3) is 0 Å². The van der Waals surface area contributed by atoms with Crippen LogP contribution in [0.2, 0.25) is 0 Å². The summed E-state index contributed by atoms with van der Waals surface area (Å²) in [6.07, 6.45) is 3.43. The zero-order valence-corrected chi connectivity index (χ0v) is 16.7. The number of benzene rings is 2. The monoisotopic (exact) mass is 440 g/mol. The number of aromatic nitrogens is 2. The lowest BCUT2D eigenvalue weighted by Crippen LogP contribution is -2.14. The van der Waals surface area contributed by atoms with Gasteiger partial charge in [0.05, 0.1) is 5.56 Å². The fourth-order valence-electron chi connectivity index (χ4n) is 2.85. The van der Waals surface area contributed by atoms with E-state index in [1.165, 1.54) is 35.7 Å². The molecule has 4 aromatic rings. The molecule has 9 heteroatoms. The van der Waals surface area contributed by atoms with Gasteiger partial charge in [0.25, 0.3) is 5.91 Å². The molecule has 0 fully saturated rings. The van der Waals surface area contributed by atoms with Gasteiger partial charge in [0.1, 0.15) is 11.6 Å². The summed E-state index contributed by atoms with van der Waals surface area (Å²) in [6, 6.07) is 12.7. The molecule has 31 heavy (non-hydrogen) atoms. The van der Waals surface area contributed by atoms with E-state index in [1.807, 2.05) is 0 Å². The minimum atomic E-state index is -0.912. The Bertz CT molecular complexity index is 1240. The molecule has 0 atom stereocenters. The zero-order valence-electron chi connectivity index (χ0n) is 15.9. The van der Waals surface area contributed by atoms with Crippen LogP contribution in [-0.4, -0.2) is 15.9 Å². The number of hydrogen-bond donors (Lipinski definition) is 2. The van der Waals surface area contributed by atoms with E-state index in [0.717, 1.165) is 17.0 Å². The van der Waals surface area contributed by atoms with Gasteiger partial charge in [-0.05, 0) is 48.0 Å². The zero-order chi connectivity index (χ0) is 21.8. The van der Waals surface area contributed by atoms with Gasteiger partial charge in [0.15, 0.2) is 16.8 Å². The van der Waals surface area contributed by atoms with Crippen molar-refractivity contribution in [3.8, 4) is 0 Å². The number of halogens is 3. The molecule has 0 saturated heterocycles. The Balaban J connectivity index is 1.47. The maximum Gasteiger partial charge on any atom is 0.261 e. The molecule has 0 saturated carbocycles. The van der Waals surface area contributed by atoms with Crippen molar-refractivity contribution < 1.29 is 18.0 Å². The average Bonchev–Trinajstić information content (AvgIpc) is 3.18. The molecule has 0 aliphatic heterocycles. The van der Waals surface area contributed by atoms with Crippen LogP contribution in [0.5, 0.6) is 0 Å². The van der Waals surface area contributed by atoms with Crippen LogP contribution in [-0.2, 0) is 6.42 Å². The molecule has 2 N–H and O–H groups in total. The molecule has 0 radical (unpaired) electrons. The molecular weight excluding hydrogens is 425 g/mol. The number of nitrogens with zero attached hydrogens (tertiary/aromatic N) is 2. The van der Waals surface area contributed by atoms with Gasteiger partial charge in [-0.25, -0.2) is 23.1 Å². The van der Waals surface area contributed by atoms with E-state index in [4.69, 9.17) is 0 Å². The molecule has 2 heterocycles. The minimum Gasteiger partial charge on any atom is -0.339 e. The van der Waals surface area contributed by atoms with Gasteiger partial charge in [-0.1, -0.05) is 12.1 Å². The molecule has 0 aliphatic rings. The quantitative estimate of drug-likeness (QED) is 0.413. The molecule has 2 aromatic heterocycles. The van der Waals surface area contributed by atoms with Gasteiger partial charge in [-0.3, -0.25) is 10.1 Å². The van der Waals surface area contributed by atoms with Gasteiger partial charge in [0.2, 0.25) is 0 Å². The second kappa shape index (κ2) is 8.97. The highest BCUT2D eigenvalue weighted by Crippen LogP contribution is 2.24. The highest BCUT2D eigenvalue weighted by molar-refractivity contribution is 7.15. The number of nitrogens with one attached hydrogen (secondary N) is 2. The predicted octanol–water partition coefficient (Wildman–Crippen LogP) is 5.54. The van der Waals surface area contributed by atoms with Gasteiger partial charge >= 0.3 is 0 Å². The third kappa shape index (κ3) is 5.07. The first-order valence-corrected chi connectivity index (χ1v) is 9.97. The number of anilines is 3. The van der Waals surface area contributed by atoms with Crippen molar-refractivity contribution in [2.24, 2.45) is 0 Å². The van der Waals surface area contributed by atoms with E-state index >= 15 is 0 Å². The van der Waals surface area contributed by atoms with Crippen molar-refractivity contribution >= 4 is 33.9 Å². The van der Waals surface area contributed by atoms with Crippen LogP contribution in [0.3, 0.4) is 0 Å². The van der Waals surface area contributed by atoms with Crippen molar-refractivity contribution in [3.63, 3.8) is 0 Å². The van der Waals surface area contributed by atoms with Crippen LogP contribution in [0.1, 0.15) is 20.8 Å². The number of rotatable bonds is 6. The Kier molecular flexibility index (Phi) is 5.94. The number of hydrogen-bond acceptors (Lipinski definition) is 5. The van der Waals surface area contributed by atoms with Gasteiger partial charge < -0.3 is 5.32 Å². The molecule has 0 spiro atoms. The first kappa shape index (κ1) is 20.5. The third-order valence-electron chi connectivity index (χ3n) is 4.28. The molecule has 0 bridgehead atoms. The Morgan fingerprint density at radius 3 is 2.65 bits per heavy atom. The van der Waals surface area contributed by atoms with Crippen molar-refractivity contribution in [2.75, 3.05) is 10.6 Å². The Morgan fingerprint density at radius 1 is 0.968 bits per heavy atom. The Morgan fingerprint density at radius 2 is 1.84 bits per heavy atom. The van der Waals surface area contributed by atoms with Crippen LogP contribution in [0.15, 0.2) is 67.0 Å². The maximum absolute atomic E-state index is 13.4. The summed E-state index contributed by atoms with van der Waals surface area (Å²) in [4.78, 5) is 21.9. The normalized spacial score (nSPS) is 10.7. The predicted molar refractivity (Wildman–Crippen MR) is 113 cm³/mol. The van der Waals surface area contributed by atoms with Crippen molar-refractivity contribution in [3.05, 3.63) is 100 Å². The second-order valence-electron chi connectivity index (χ2n) is 6.55. The summed E-state index contributed by atoms with van der Waals surface area (Å²) in [5.41, 5.74) is 1.30. The molecule has 5 nitrogen and oxygen atoms in total. The summed E-state index contributed by atoms with van der Waals surface area (Å²) < 4.78 is 39.9. The van der Waals surface area contributed by atoms with Gasteiger partial charge in [-0.15, -0.1) is 11.3 Å². The summed E-state index contributed by atoms with van der Waals surface area (Å²) in [5.74, 6) is -2.40. The second-order valence-corrected chi connectivity index (χ2v) is 7.66. The summed E-state index contributed by atoms with van der Waals surface area (Å²) >= 11 is 1.22. The maximum atomic E-state index is 13.4. The first-order chi connectivity index (χ1) is 15.0. The molecule has 1 amide bonds. The van der Waals surface area contributed by atoms with Crippen LogP contribution >= 0.6 is 11.3 Å². The molecule has 0 unspecified atom stereocenters. The standard InChI is InChI=1S/C22H15F3N4OS/c23-14-3-1-4-15(11-14)28-20-17(5-2-8-26-20)21(30)29-22-27-12-16(31-22)9-13-6-7-18(24)19(25)10-13/h1-8,10-12H,9H2,(H,26,28)(H,27,29,30). The largest absolute Gasteiger partial charge is 0.339 e. The van der Waals surface area contributed by atoms with E-state index in [-0.39, 0.29) is 11.4 Å². The fourth-order valence-corrected chi connectivity index (χ4v) is 3.70. The van der Waals surface area contributed by atoms with Crippen LogP contribution < -0.4 is 10.6 Å². The van der Waals surface area contributed by atoms with Crippen LogP contribution in [0, 0.1) is 17.5 Å². The number of carbonyl (C=O) groups excluding carboxylic acids is 1. The highest BCUT2D eigenvalue weighted by atomic mass is 32.1. The molecule has 0 aliphatic carbocycles. The lowest BCUT2D eigenvalue weighted by Gasteiger charge is -2.10. The summed E-state index contributed by atoms with van der Waals surface area (Å²) in [5, 5.41) is 5.99. The topological polar surface area (TPSA) is 66.9 Å². The smallest absolute Gasteiger partial charge is 0.261 e. The molecule has 4 rings (SSSR count). The fraction of sp³-hybridized carbons (Fsp3) is 0.0455. The first-order valence-electron chi connectivity index (χ1n) is 9.15. The van der Waals surface area contributed by atoms with Crippen molar-refractivity contribution in [1.82, 2.24) is 9.97 Å². The number of amides is 1. The summed E-state index contributed by atoms with van der Waals surface area (Å²) in [7, 11) is 0. The van der Waals surface area contributed by atoms with Gasteiger partial charge in [0, 0.05) is 29.4 Å². The number of thiazole rings is 1.